The Hall–Kier alpha value is -2.03. The SMILES string of the molecule is CC(CC(=O)N1C2CC3C[C@H]1CC(O)(C3)C2)c1c(C#N)[nH]c2cccc(Cl)c12. The standard InChI is InChI=1S/C22H24ClN3O2/c1-12(20-18(11-24)25-17-4-2-3-16(23)21(17)20)5-19(27)26-14-6-13-7-15(26)10-22(28,8-13)9-14/h2-4,12-15,25,28H,5-10H2,1H3/t12?,13?,14-,15?,22?/m0/s1. The monoisotopic (exact) mass is 397 g/mol. The Morgan fingerprint density at radius 1 is 1.39 bits per heavy atom. The molecule has 0 radical (unpaired) electrons. The van der Waals surface area contributed by atoms with Crippen molar-refractivity contribution in [1.82, 2.24) is 9.88 Å². The molecular weight excluding hydrogens is 374 g/mol. The van der Waals surface area contributed by atoms with Gasteiger partial charge < -0.3 is 15.0 Å². The summed E-state index contributed by atoms with van der Waals surface area (Å²) in [6.45, 7) is 2.00. The number of H-pyrrole nitrogens is 1. The normalized spacial score (nSPS) is 31.9. The van der Waals surface area contributed by atoms with E-state index in [4.69, 9.17) is 11.6 Å². The molecule has 1 aromatic carbocycles. The summed E-state index contributed by atoms with van der Waals surface area (Å²) < 4.78 is 0. The van der Waals surface area contributed by atoms with Crippen LogP contribution in [0.3, 0.4) is 0 Å². The molecule has 0 spiro atoms. The summed E-state index contributed by atoms with van der Waals surface area (Å²) in [4.78, 5) is 18.5. The second kappa shape index (κ2) is 6.23. The number of fused-ring (bicyclic) bond motifs is 1. The zero-order chi connectivity index (χ0) is 19.6. The van der Waals surface area contributed by atoms with Crippen LogP contribution in [-0.4, -0.2) is 38.6 Å². The van der Waals surface area contributed by atoms with E-state index in [1.165, 1.54) is 0 Å². The first kappa shape index (κ1) is 18.0. The zero-order valence-electron chi connectivity index (χ0n) is 15.9. The van der Waals surface area contributed by atoms with Crippen LogP contribution in [0.2, 0.25) is 5.02 Å². The summed E-state index contributed by atoms with van der Waals surface area (Å²) in [6.07, 6.45) is 4.70. The predicted octanol–water partition coefficient (Wildman–Crippen LogP) is 4.09. The molecule has 6 rings (SSSR count). The molecule has 2 N–H and O–H groups in total. The molecule has 4 unspecified atom stereocenters. The first-order chi connectivity index (χ1) is 13.4. The van der Waals surface area contributed by atoms with Gasteiger partial charge in [-0.15, -0.1) is 0 Å². The number of halogens is 1. The number of nitrogens with one attached hydrogen (secondary N) is 1. The minimum Gasteiger partial charge on any atom is -0.390 e. The van der Waals surface area contributed by atoms with Crippen molar-refractivity contribution in [3.63, 3.8) is 0 Å². The number of carbonyl (C=O) groups excluding carboxylic acids is 1. The van der Waals surface area contributed by atoms with Gasteiger partial charge in [0.2, 0.25) is 5.91 Å². The molecule has 4 fully saturated rings. The number of rotatable bonds is 3. The van der Waals surface area contributed by atoms with Crippen molar-refractivity contribution < 1.29 is 9.90 Å². The van der Waals surface area contributed by atoms with E-state index in [0.717, 1.165) is 35.7 Å². The number of carbonyl (C=O) groups is 1. The molecule has 2 aliphatic heterocycles. The molecule has 1 amide bonds. The molecular formula is C22H24ClN3O2. The number of hydrogen-bond donors (Lipinski definition) is 2. The molecule has 28 heavy (non-hydrogen) atoms. The zero-order valence-corrected chi connectivity index (χ0v) is 16.7. The fraction of sp³-hybridized carbons (Fsp3) is 0.545. The molecule has 3 heterocycles. The minimum absolute atomic E-state index is 0.115. The summed E-state index contributed by atoms with van der Waals surface area (Å²) in [5.74, 6) is 0.577. The molecule has 5 nitrogen and oxygen atoms in total. The fourth-order valence-electron chi connectivity index (χ4n) is 6.27. The third kappa shape index (κ3) is 2.66. The molecule has 1 aromatic heterocycles. The predicted molar refractivity (Wildman–Crippen MR) is 107 cm³/mol. The summed E-state index contributed by atoms with van der Waals surface area (Å²) in [6, 6.07) is 8.14. The Labute approximate surface area is 169 Å². The summed E-state index contributed by atoms with van der Waals surface area (Å²) >= 11 is 6.42. The number of nitrogens with zero attached hydrogens (tertiary/aromatic N) is 2. The maximum atomic E-state index is 13.3. The highest BCUT2D eigenvalue weighted by atomic mass is 35.5. The van der Waals surface area contributed by atoms with Crippen LogP contribution in [0.4, 0.5) is 0 Å². The minimum atomic E-state index is -0.558. The number of nitriles is 1. The van der Waals surface area contributed by atoms with Gasteiger partial charge in [-0.2, -0.15) is 5.26 Å². The van der Waals surface area contributed by atoms with Crippen LogP contribution in [0.25, 0.3) is 10.9 Å². The molecule has 2 aliphatic carbocycles. The maximum absolute atomic E-state index is 13.3. The Kier molecular flexibility index (Phi) is 4.01. The summed E-state index contributed by atoms with van der Waals surface area (Å²) in [5.41, 5.74) is 1.59. The van der Waals surface area contributed by atoms with Crippen molar-refractivity contribution in [3.05, 3.63) is 34.5 Å². The average Bonchev–Trinajstić information content (AvgIpc) is 3.00. The summed E-state index contributed by atoms with van der Waals surface area (Å²) in [7, 11) is 0. The number of benzene rings is 1. The number of amides is 1. The Balaban J connectivity index is 1.42. The molecule has 2 saturated carbocycles. The van der Waals surface area contributed by atoms with E-state index in [1.54, 1.807) is 0 Å². The highest BCUT2D eigenvalue weighted by molar-refractivity contribution is 6.35. The lowest BCUT2D eigenvalue weighted by molar-refractivity contribution is -0.174. The maximum Gasteiger partial charge on any atom is 0.223 e. The van der Waals surface area contributed by atoms with Gasteiger partial charge in [0.05, 0.1) is 10.6 Å². The quantitative estimate of drug-likeness (QED) is 0.818. The number of aliphatic hydroxyl groups is 1. The third-order valence-electron chi connectivity index (χ3n) is 7.08. The topological polar surface area (TPSA) is 80.1 Å². The second-order valence-electron chi connectivity index (χ2n) is 9.08. The number of aromatic nitrogens is 1. The lowest BCUT2D eigenvalue weighted by Crippen LogP contribution is -2.65. The van der Waals surface area contributed by atoms with Gasteiger partial charge in [-0.1, -0.05) is 24.6 Å². The highest BCUT2D eigenvalue weighted by Gasteiger charge is 2.54. The van der Waals surface area contributed by atoms with Gasteiger partial charge in [-0.05, 0) is 56.1 Å². The van der Waals surface area contributed by atoms with E-state index in [-0.39, 0.29) is 23.9 Å². The highest BCUT2D eigenvalue weighted by Crippen LogP contribution is 2.51. The number of hydrogen-bond acceptors (Lipinski definition) is 3. The second-order valence-corrected chi connectivity index (χ2v) is 9.48. The molecule has 2 aromatic rings. The Morgan fingerprint density at radius 2 is 2.11 bits per heavy atom. The average molecular weight is 398 g/mol. The van der Waals surface area contributed by atoms with E-state index in [0.29, 0.717) is 35.9 Å². The van der Waals surface area contributed by atoms with Crippen LogP contribution in [0.1, 0.15) is 62.6 Å². The molecule has 146 valence electrons. The van der Waals surface area contributed by atoms with Crippen molar-refractivity contribution in [1.29, 1.82) is 5.26 Å². The van der Waals surface area contributed by atoms with E-state index in [1.807, 2.05) is 25.1 Å². The van der Waals surface area contributed by atoms with Gasteiger partial charge in [0.1, 0.15) is 11.8 Å². The molecule has 2 saturated heterocycles. The third-order valence-corrected chi connectivity index (χ3v) is 7.40. The van der Waals surface area contributed by atoms with Crippen LogP contribution in [0, 0.1) is 17.2 Å². The van der Waals surface area contributed by atoms with Gasteiger partial charge in [-0.3, -0.25) is 4.79 Å². The van der Waals surface area contributed by atoms with Crippen molar-refractivity contribution >= 4 is 28.4 Å². The van der Waals surface area contributed by atoms with Crippen LogP contribution >= 0.6 is 11.6 Å². The smallest absolute Gasteiger partial charge is 0.223 e. The van der Waals surface area contributed by atoms with Crippen LogP contribution in [0.5, 0.6) is 0 Å². The van der Waals surface area contributed by atoms with Gasteiger partial charge >= 0.3 is 0 Å². The van der Waals surface area contributed by atoms with Gasteiger partial charge in [-0.25, -0.2) is 0 Å². The van der Waals surface area contributed by atoms with Crippen molar-refractivity contribution in [2.75, 3.05) is 0 Å². The van der Waals surface area contributed by atoms with Gasteiger partial charge in [0.15, 0.2) is 0 Å². The first-order valence-electron chi connectivity index (χ1n) is 10.1. The van der Waals surface area contributed by atoms with Crippen LogP contribution in [0.15, 0.2) is 18.2 Å². The number of piperidine rings is 2. The molecule has 5 atom stereocenters. The van der Waals surface area contributed by atoms with E-state index in [2.05, 4.69) is 16.0 Å². The number of aromatic amines is 1. The van der Waals surface area contributed by atoms with Gasteiger partial charge in [0.25, 0.3) is 0 Å². The fourth-order valence-corrected chi connectivity index (χ4v) is 6.55. The Morgan fingerprint density at radius 3 is 2.75 bits per heavy atom. The first-order valence-corrected chi connectivity index (χ1v) is 10.5. The van der Waals surface area contributed by atoms with Gasteiger partial charge in [0, 0.05) is 35.0 Å². The van der Waals surface area contributed by atoms with Crippen molar-refractivity contribution in [3.8, 4) is 6.07 Å². The van der Waals surface area contributed by atoms with E-state index in [9.17, 15) is 15.2 Å². The largest absolute Gasteiger partial charge is 0.390 e. The lowest BCUT2D eigenvalue weighted by atomic mass is 9.61. The molecule has 4 bridgehead atoms. The summed E-state index contributed by atoms with van der Waals surface area (Å²) in [5, 5.41) is 21.8. The van der Waals surface area contributed by atoms with Crippen molar-refractivity contribution in [2.24, 2.45) is 5.92 Å². The van der Waals surface area contributed by atoms with Crippen LogP contribution < -0.4 is 0 Å². The molecule has 6 heteroatoms. The van der Waals surface area contributed by atoms with E-state index >= 15 is 0 Å². The van der Waals surface area contributed by atoms with Crippen molar-refractivity contribution in [2.45, 2.75) is 69.1 Å². The Bertz CT molecular complexity index is 991. The van der Waals surface area contributed by atoms with E-state index < -0.39 is 5.60 Å². The lowest BCUT2D eigenvalue weighted by Gasteiger charge is -2.59. The van der Waals surface area contributed by atoms with Crippen LogP contribution in [-0.2, 0) is 4.79 Å². The molecule has 4 aliphatic rings.